The molecule has 4 nitrogen and oxygen atoms in total. The number of benzene rings is 2. The number of rotatable bonds is 7. The molecule has 0 saturated heterocycles. The van der Waals surface area contributed by atoms with Gasteiger partial charge in [-0.2, -0.15) is 13.2 Å². The van der Waals surface area contributed by atoms with Crippen molar-refractivity contribution in [3.05, 3.63) is 77.2 Å². The van der Waals surface area contributed by atoms with E-state index in [2.05, 4.69) is 4.98 Å². The first-order valence-electron chi connectivity index (χ1n) is 9.04. The molecule has 0 saturated carbocycles. The number of pyridine rings is 1. The van der Waals surface area contributed by atoms with Gasteiger partial charge in [-0.3, -0.25) is 0 Å². The third-order valence-electron chi connectivity index (χ3n) is 4.30. The van der Waals surface area contributed by atoms with Crippen molar-refractivity contribution in [2.45, 2.75) is 23.7 Å². The van der Waals surface area contributed by atoms with Gasteiger partial charge in [-0.05, 0) is 55.0 Å². The van der Waals surface area contributed by atoms with Crippen LogP contribution in [0.25, 0.3) is 11.3 Å². The van der Waals surface area contributed by atoms with Crippen molar-refractivity contribution in [1.29, 1.82) is 0 Å². The Morgan fingerprint density at radius 3 is 2.42 bits per heavy atom. The summed E-state index contributed by atoms with van der Waals surface area (Å²) in [5, 5.41) is 8.69. The van der Waals surface area contributed by atoms with Gasteiger partial charge in [0, 0.05) is 16.2 Å². The van der Waals surface area contributed by atoms with E-state index in [1.54, 1.807) is 25.1 Å². The van der Waals surface area contributed by atoms with Gasteiger partial charge >= 0.3 is 12.1 Å². The van der Waals surface area contributed by atoms with Gasteiger partial charge in [0.15, 0.2) is 6.61 Å². The van der Waals surface area contributed by atoms with Crippen molar-refractivity contribution in [2.75, 3.05) is 6.61 Å². The highest BCUT2D eigenvalue weighted by molar-refractivity contribution is 7.98. The summed E-state index contributed by atoms with van der Waals surface area (Å²) in [7, 11) is 0. The normalized spacial score (nSPS) is 11.4. The number of alkyl halides is 3. The van der Waals surface area contributed by atoms with E-state index in [1.165, 1.54) is 36.0 Å². The van der Waals surface area contributed by atoms with E-state index in [0.717, 1.165) is 22.6 Å². The maximum atomic E-state index is 14.2. The third kappa shape index (κ3) is 5.97. The average molecular weight is 451 g/mol. The summed E-state index contributed by atoms with van der Waals surface area (Å²) in [6, 6.07) is 12.4. The highest BCUT2D eigenvalue weighted by atomic mass is 32.2. The first kappa shape index (κ1) is 22.6. The third-order valence-corrected chi connectivity index (χ3v) is 5.30. The lowest BCUT2D eigenvalue weighted by Gasteiger charge is -2.10. The van der Waals surface area contributed by atoms with Crippen molar-refractivity contribution in [3.63, 3.8) is 0 Å². The molecule has 3 rings (SSSR count). The fourth-order valence-electron chi connectivity index (χ4n) is 2.74. The highest BCUT2D eigenvalue weighted by Crippen LogP contribution is 2.32. The van der Waals surface area contributed by atoms with Gasteiger partial charge in [-0.1, -0.05) is 12.1 Å². The Balaban J connectivity index is 1.73. The predicted octanol–water partition coefficient (Wildman–Crippen LogP) is 5.97. The summed E-state index contributed by atoms with van der Waals surface area (Å²) in [6.07, 6.45) is -4.43. The predicted molar refractivity (Wildman–Crippen MR) is 109 cm³/mol. The van der Waals surface area contributed by atoms with Crippen LogP contribution in [0.15, 0.2) is 59.5 Å². The summed E-state index contributed by atoms with van der Waals surface area (Å²) in [5.74, 6) is -0.941. The van der Waals surface area contributed by atoms with E-state index >= 15 is 0 Å². The Morgan fingerprint density at radius 1 is 1.10 bits per heavy atom. The van der Waals surface area contributed by atoms with Crippen LogP contribution in [0.2, 0.25) is 0 Å². The first-order chi connectivity index (χ1) is 14.6. The number of aromatic nitrogens is 1. The van der Waals surface area contributed by atoms with E-state index in [1.807, 2.05) is 0 Å². The van der Waals surface area contributed by atoms with Crippen LogP contribution in [0.5, 0.6) is 5.75 Å². The van der Waals surface area contributed by atoms with Crippen molar-refractivity contribution in [2.24, 2.45) is 0 Å². The molecule has 31 heavy (non-hydrogen) atoms. The van der Waals surface area contributed by atoms with Crippen molar-refractivity contribution < 1.29 is 32.2 Å². The Kier molecular flexibility index (Phi) is 6.84. The second-order valence-corrected chi connectivity index (χ2v) is 7.65. The molecule has 0 aliphatic rings. The van der Waals surface area contributed by atoms with Gasteiger partial charge in [-0.15, -0.1) is 11.8 Å². The fraction of sp³-hybridized carbons (Fsp3) is 0.182. The number of carboxylic acid groups (broad SMARTS) is 1. The molecule has 1 aromatic heterocycles. The summed E-state index contributed by atoms with van der Waals surface area (Å²) >= 11 is 1.32. The van der Waals surface area contributed by atoms with E-state index < -0.39 is 30.1 Å². The fourth-order valence-corrected chi connectivity index (χ4v) is 3.67. The van der Waals surface area contributed by atoms with Crippen LogP contribution < -0.4 is 4.74 Å². The van der Waals surface area contributed by atoms with Crippen LogP contribution in [-0.2, 0) is 16.7 Å². The Bertz CT molecular complexity index is 1090. The van der Waals surface area contributed by atoms with Crippen LogP contribution >= 0.6 is 11.8 Å². The minimum Gasteiger partial charge on any atom is -0.482 e. The lowest BCUT2D eigenvalue weighted by molar-refractivity contribution is -0.139. The number of aryl methyl sites for hydroxylation is 1. The van der Waals surface area contributed by atoms with Crippen molar-refractivity contribution >= 4 is 17.7 Å². The smallest absolute Gasteiger partial charge is 0.416 e. The number of nitrogens with zero attached hydrogens (tertiary/aromatic N) is 1. The quantitative estimate of drug-likeness (QED) is 0.354. The Hall–Kier alpha value is -3.07. The zero-order chi connectivity index (χ0) is 22.6. The monoisotopic (exact) mass is 451 g/mol. The van der Waals surface area contributed by atoms with E-state index in [0.29, 0.717) is 17.0 Å². The lowest BCUT2D eigenvalue weighted by Crippen LogP contribution is -2.10. The minimum absolute atomic E-state index is 0.172. The van der Waals surface area contributed by atoms with Crippen molar-refractivity contribution in [3.8, 4) is 17.0 Å². The SMILES string of the molecule is Cc1cc(SCc2nc(-c3ccc(C(F)(F)F)cc3)ccc2F)ccc1OCC(=O)O. The zero-order valence-electron chi connectivity index (χ0n) is 16.2. The maximum absolute atomic E-state index is 14.2. The van der Waals surface area contributed by atoms with Crippen LogP contribution in [0.1, 0.15) is 16.8 Å². The van der Waals surface area contributed by atoms with E-state index in [-0.39, 0.29) is 11.4 Å². The molecule has 1 heterocycles. The Labute approximate surface area is 179 Å². The molecule has 1 N–H and O–H groups in total. The number of hydrogen-bond acceptors (Lipinski definition) is 4. The summed E-state index contributed by atoms with van der Waals surface area (Å²) in [6.45, 7) is 1.32. The van der Waals surface area contributed by atoms with Gasteiger partial charge in [-0.25, -0.2) is 14.2 Å². The molecule has 0 unspecified atom stereocenters. The number of carboxylic acids is 1. The van der Waals surface area contributed by atoms with Gasteiger partial charge < -0.3 is 9.84 Å². The number of hydrogen-bond donors (Lipinski definition) is 1. The molecule has 0 atom stereocenters. The molecule has 162 valence electrons. The summed E-state index contributed by atoms with van der Waals surface area (Å²) in [5.41, 5.74) is 0.971. The average Bonchev–Trinajstić information content (AvgIpc) is 2.72. The van der Waals surface area contributed by atoms with Gasteiger partial charge in [0.05, 0.1) is 17.0 Å². The standard InChI is InChI=1S/C22H17F4NO3S/c1-13-10-16(6-9-20(13)30-11-21(28)29)31-12-19-17(23)7-8-18(27-19)14-2-4-15(5-3-14)22(24,25)26/h2-10H,11-12H2,1H3,(H,28,29). The number of carbonyl (C=O) groups is 1. The number of aliphatic carboxylic acids is 1. The topological polar surface area (TPSA) is 59.4 Å². The van der Waals surface area contributed by atoms with Gasteiger partial charge in [0.2, 0.25) is 0 Å². The number of halogens is 4. The first-order valence-corrected chi connectivity index (χ1v) is 10.0. The Morgan fingerprint density at radius 2 is 1.81 bits per heavy atom. The van der Waals surface area contributed by atoms with Crippen LogP contribution in [-0.4, -0.2) is 22.7 Å². The molecule has 0 aliphatic heterocycles. The highest BCUT2D eigenvalue weighted by Gasteiger charge is 2.30. The molecule has 0 spiro atoms. The molecular formula is C22H17F4NO3S. The maximum Gasteiger partial charge on any atom is 0.416 e. The minimum atomic E-state index is -4.43. The lowest BCUT2D eigenvalue weighted by atomic mass is 10.1. The van der Waals surface area contributed by atoms with Crippen molar-refractivity contribution in [1.82, 2.24) is 4.98 Å². The molecule has 0 radical (unpaired) electrons. The summed E-state index contributed by atoms with van der Waals surface area (Å²) < 4.78 is 57.6. The zero-order valence-corrected chi connectivity index (χ0v) is 17.1. The van der Waals surface area contributed by atoms with Crippen LogP contribution in [0.4, 0.5) is 17.6 Å². The molecule has 0 aliphatic carbocycles. The van der Waals surface area contributed by atoms with E-state index in [9.17, 15) is 22.4 Å². The van der Waals surface area contributed by atoms with Gasteiger partial charge in [0.25, 0.3) is 0 Å². The second-order valence-electron chi connectivity index (χ2n) is 6.60. The largest absolute Gasteiger partial charge is 0.482 e. The molecule has 3 aromatic rings. The number of ether oxygens (including phenoxy) is 1. The number of thioether (sulfide) groups is 1. The van der Waals surface area contributed by atoms with Crippen LogP contribution in [0.3, 0.4) is 0 Å². The molecule has 0 amide bonds. The molecular weight excluding hydrogens is 434 g/mol. The summed E-state index contributed by atoms with van der Waals surface area (Å²) in [4.78, 5) is 15.7. The second kappa shape index (κ2) is 9.38. The molecule has 0 fully saturated rings. The molecule has 9 heteroatoms. The van der Waals surface area contributed by atoms with Gasteiger partial charge in [0.1, 0.15) is 11.6 Å². The molecule has 2 aromatic carbocycles. The van der Waals surface area contributed by atoms with E-state index in [4.69, 9.17) is 9.84 Å². The van der Waals surface area contributed by atoms with Crippen LogP contribution in [0, 0.1) is 12.7 Å². The molecule has 0 bridgehead atoms.